The molecule has 1 aromatic heterocycles. The van der Waals surface area contributed by atoms with Gasteiger partial charge in [-0.25, -0.2) is 0 Å². The molecule has 0 amide bonds. The van der Waals surface area contributed by atoms with Crippen LogP contribution in [0.1, 0.15) is 62.7 Å². The van der Waals surface area contributed by atoms with Gasteiger partial charge in [0.25, 0.3) is 0 Å². The number of hydrogen-bond acceptors (Lipinski definition) is 2. The Hall–Kier alpha value is -0.890. The minimum atomic E-state index is 0.355. The lowest BCUT2D eigenvalue weighted by Crippen LogP contribution is -2.31. The van der Waals surface area contributed by atoms with E-state index in [4.69, 9.17) is 0 Å². The van der Waals surface area contributed by atoms with Crippen LogP contribution in [0.3, 0.4) is 0 Å². The number of aromatic nitrogens is 1. The van der Waals surface area contributed by atoms with Gasteiger partial charge in [-0.1, -0.05) is 20.8 Å². The largest absolute Gasteiger partial charge is 0.310 e. The molecule has 18 heavy (non-hydrogen) atoms. The molecule has 0 aliphatic rings. The average Bonchev–Trinajstić information content (AvgIpc) is 2.25. The highest BCUT2D eigenvalue weighted by atomic mass is 14.9. The van der Waals surface area contributed by atoms with Gasteiger partial charge in [-0.3, -0.25) is 4.98 Å². The van der Waals surface area contributed by atoms with Crippen LogP contribution >= 0.6 is 0 Å². The summed E-state index contributed by atoms with van der Waals surface area (Å²) in [5, 5.41) is 3.65. The molecular formula is C16H28N2. The van der Waals surface area contributed by atoms with Crippen molar-refractivity contribution in [2.45, 2.75) is 60.9 Å². The van der Waals surface area contributed by atoms with Crippen LogP contribution in [-0.4, -0.2) is 11.5 Å². The molecule has 0 aliphatic carbocycles. The lowest BCUT2D eigenvalue weighted by molar-refractivity contribution is 0.313. The maximum absolute atomic E-state index is 4.58. The van der Waals surface area contributed by atoms with E-state index >= 15 is 0 Å². The molecule has 0 saturated carbocycles. The maximum atomic E-state index is 4.58. The molecule has 0 fully saturated rings. The summed E-state index contributed by atoms with van der Waals surface area (Å²) in [6.45, 7) is 16.5. The first-order valence-corrected chi connectivity index (χ1v) is 6.95. The summed E-state index contributed by atoms with van der Waals surface area (Å²) in [7, 11) is 0. The maximum Gasteiger partial charge on any atom is 0.0426 e. The third kappa shape index (κ3) is 3.81. The predicted octanol–water partition coefficient (Wildman–Crippen LogP) is 4.09. The first-order chi connectivity index (χ1) is 8.26. The molecule has 0 radical (unpaired) electrons. The Kier molecular flexibility index (Phi) is 4.92. The molecule has 102 valence electrons. The van der Waals surface area contributed by atoms with Crippen molar-refractivity contribution in [3.05, 3.63) is 28.6 Å². The van der Waals surface area contributed by atoms with E-state index in [-0.39, 0.29) is 0 Å². The molecule has 1 atom stereocenters. The topological polar surface area (TPSA) is 24.9 Å². The van der Waals surface area contributed by atoms with Crippen LogP contribution in [0, 0.1) is 26.2 Å². The monoisotopic (exact) mass is 248 g/mol. The van der Waals surface area contributed by atoms with Gasteiger partial charge in [0.1, 0.15) is 0 Å². The van der Waals surface area contributed by atoms with Crippen LogP contribution < -0.4 is 5.32 Å². The Morgan fingerprint density at radius 1 is 1.28 bits per heavy atom. The number of hydrogen-bond donors (Lipinski definition) is 1. The van der Waals surface area contributed by atoms with E-state index < -0.39 is 0 Å². The van der Waals surface area contributed by atoms with Crippen LogP contribution in [0.2, 0.25) is 0 Å². The van der Waals surface area contributed by atoms with Gasteiger partial charge in [-0.05, 0) is 56.7 Å². The first-order valence-electron chi connectivity index (χ1n) is 6.95. The minimum Gasteiger partial charge on any atom is -0.310 e. The SMILES string of the molecule is CCC(C)(C)CNC(C)c1c(C)cc(C)nc1C. The van der Waals surface area contributed by atoms with Gasteiger partial charge < -0.3 is 5.32 Å². The van der Waals surface area contributed by atoms with Crippen molar-refractivity contribution < 1.29 is 0 Å². The van der Waals surface area contributed by atoms with E-state index in [1.54, 1.807) is 0 Å². The Morgan fingerprint density at radius 2 is 1.89 bits per heavy atom. The summed E-state index contributed by atoms with van der Waals surface area (Å²) < 4.78 is 0. The third-order valence-corrected chi connectivity index (χ3v) is 3.86. The smallest absolute Gasteiger partial charge is 0.0426 e. The van der Waals surface area contributed by atoms with Crippen LogP contribution in [0.4, 0.5) is 0 Å². The molecule has 0 aliphatic heterocycles. The summed E-state index contributed by atoms with van der Waals surface area (Å²) in [6.07, 6.45) is 1.19. The van der Waals surface area contributed by atoms with Crippen molar-refractivity contribution in [1.29, 1.82) is 0 Å². The van der Waals surface area contributed by atoms with E-state index in [2.05, 4.69) is 64.8 Å². The first kappa shape index (κ1) is 15.2. The molecule has 0 saturated heterocycles. The number of nitrogens with zero attached hydrogens (tertiary/aromatic N) is 1. The van der Waals surface area contributed by atoms with Crippen molar-refractivity contribution in [1.82, 2.24) is 10.3 Å². The lowest BCUT2D eigenvalue weighted by Gasteiger charge is -2.27. The molecule has 2 nitrogen and oxygen atoms in total. The number of pyridine rings is 1. The molecule has 1 N–H and O–H groups in total. The third-order valence-electron chi connectivity index (χ3n) is 3.86. The predicted molar refractivity (Wildman–Crippen MR) is 78.9 cm³/mol. The Bertz CT molecular complexity index is 385. The second-order valence-electron chi connectivity index (χ2n) is 6.20. The molecule has 0 aromatic carbocycles. The van der Waals surface area contributed by atoms with Gasteiger partial charge in [0.15, 0.2) is 0 Å². The van der Waals surface area contributed by atoms with Crippen molar-refractivity contribution >= 4 is 0 Å². The number of nitrogens with one attached hydrogen (secondary N) is 1. The van der Waals surface area contributed by atoms with E-state index in [1.165, 1.54) is 17.5 Å². The summed E-state index contributed by atoms with van der Waals surface area (Å²) in [5.74, 6) is 0. The van der Waals surface area contributed by atoms with Gasteiger partial charge in [-0.2, -0.15) is 0 Å². The molecule has 1 heterocycles. The zero-order chi connectivity index (χ0) is 13.9. The fourth-order valence-electron chi connectivity index (χ4n) is 2.34. The molecule has 1 unspecified atom stereocenters. The molecule has 1 rings (SSSR count). The lowest BCUT2D eigenvalue weighted by atomic mass is 9.89. The highest BCUT2D eigenvalue weighted by Crippen LogP contribution is 2.24. The van der Waals surface area contributed by atoms with Crippen molar-refractivity contribution in [3.63, 3.8) is 0 Å². The zero-order valence-electron chi connectivity index (χ0n) is 13.0. The number of rotatable bonds is 5. The van der Waals surface area contributed by atoms with Crippen LogP contribution in [-0.2, 0) is 0 Å². The molecule has 0 spiro atoms. The van der Waals surface area contributed by atoms with Crippen molar-refractivity contribution in [3.8, 4) is 0 Å². The highest BCUT2D eigenvalue weighted by molar-refractivity contribution is 5.33. The van der Waals surface area contributed by atoms with E-state index in [1.807, 2.05) is 0 Å². The zero-order valence-corrected chi connectivity index (χ0v) is 13.0. The van der Waals surface area contributed by atoms with Gasteiger partial charge >= 0.3 is 0 Å². The van der Waals surface area contributed by atoms with Gasteiger partial charge in [-0.15, -0.1) is 0 Å². The summed E-state index contributed by atoms with van der Waals surface area (Å²) in [5.41, 5.74) is 5.31. The normalized spacial score (nSPS) is 13.7. The molecule has 1 aromatic rings. The van der Waals surface area contributed by atoms with Gasteiger partial charge in [0.2, 0.25) is 0 Å². The van der Waals surface area contributed by atoms with Crippen LogP contribution in [0.5, 0.6) is 0 Å². The average molecular weight is 248 g/mol. The summed E-state index contributed by atoms with van der Waals surface area (Å²) in [6, 6.07) is 2.54. The molecular weight excluding hydrogens is 220 g/mol. The van der Waals surface area contributed by atoms with Crippen molar-refractivity contribution in [2.24, 2.45) is 5.41 Å². The van der Waals surface area contributed by atoms with E-state index in [9.17, 15) is 0 Å². The van der Waals surface area contributed by atoms with E-state index in [0.29, 0.717) is 11.5 Å². The van der Waals surface area contributed by atoms with Crippen molar-refractivity contribution in [2.75, 3.05) is 6.54 Å². The Labute approximate surface area is 112 Å². The summed E-state index contributed by atoms with van der Waals surface area (Å²) >= 11 is 0. The van der Waals surface area contributed by atoms with Crippen LogP contribution in [0.25, 0.3) is 0 Å². The fraction of sp³-hybridized carbons (Fsp3) is 0.688. The Balaban J connectivity index is 2.82. The number of aryl methyl sites for hydroxylation is 3. The van der Waals surface area contributed by atoms with Gasteiger partial charge in [0, 0.05) is 24.0 Å². The Morgan fingerprint density at radius 3 is 2.39 bits per heavy atom. The quantitative estimate of drug-likeness (QED) is 0.849. The summed E-state index contributed by atoms with van der Waals surface area (Å²) in [4.78, 5) is 4.58. The highest BCUT2D eigenvalue weighted by Gasteiger charge is 2.18. The standard InChI is InChI=1S/C16H28N2/c1-8-16(6,7)10-17-13(4)15-11(2)9-12(3)18-14(15)5/h9,13,17H,8,10H2,1-7H3. The van der Waals surface area contributed by atoms with Gasteiger partial charge in [0.05, 0.1) is 0 Å². The second kappa shape index (κ2) is 5.83. The van der Waals surface area contributed by atoms with Crippen LogP contribution in [0.15, 0.2) is 6.07 Å². The second-order valence-corrected chi connectivity index (χ2v) is 6.20. The minimum absolute atomic E-state index is 0.355. The molecule has 2 heteroatoms. The molecule has 0 bridgehead atoms. The van der Waals surface area contributed by atoms with E-state index in [0.717, 1.165) is 17.9 Å². The fourth-order valence-corrected chi connectivity index (χ4v) is 2.34.